The SMILES string of the molecule is CCc1nn(C)c(CC)c1CNC(=NC)N1CC(C)OC(c2ccc(F)cc2)C1. The number of aromatic nitrogens is 2. The average Bonchev–Trinajstić information content (AvgIpc) is 3.03. The topological polar surface area (TPSA) is 54.7 Å². The lowest BCUT2D eigenvalue weighted by molar-refractivity contribution is -0.0605. The number of aliphatic imine (C=N–C) groups is 1. The fourth-order valence-corrected chi connectivity index (χ4v) is 4.08. The molecule has 1 aliphatic rings. The van der Waals surface area contributed by atoms with Crippen LogP contribution < -0.4 is 5.32 Å². The number of hydrogen-bond acceptors (Lipinski definition) is 3. The van der Waals surface area contributed by atoms with Crippen LogP contribution in [0.1, 0.15) is 49.4 Å². The molecule has 0 saturated carbocycles. The second-order valence-corrected chi connectivity index (χ2v) is 7.50. The van der Waals surface area contributed by atoms with Gasteiger partial charge in [-0.2, -0.15) is 5.10 Å². The standard InChI is InChI=1S/C22H32FN5O/c1-6-19-18(20(7-2)27(5)26-19)12-25-22(24-4)28-13-15(3)29-21(14-28)16-8-10-17(23)11-9-16/h8-11,15,21H,6-7,12-14H2,1-5H3,(H,24,25). The number of benzene rings is 1. The normalized spacial score (nSPS) is 20.2. The van der Waals surface area contributed by atoms with Gasteiger partial charge in [-0.3, -0.25) is 9.67 Å². The summed E-state index contributed by atoms with van der Waals surface area (Å²) < 4.78 is 21.4. The lowest BCUT2D eigenvalue weighted by Gasteiger charge is -2.38. The lowest BCUT2D eigenvalue weighted by atomic mass is 10.1. The molecule has 1 aromatic heterocycles. The molecule has 1 fully saturated rings. The summed E-state index contributed by atoms with van der Waals surface area (Å²) in [4.78, 5) is 6.73. The van der Waals surface area contributed by atoms with Gasteiger partial charge in [-0.15, -0.1) is 0 Å². The van der Waals surface area contributed by atoms with Crippen molar-refractivity contribution in [2.24, 2.45) is 12.0 Å². The van der Waals surface area contributed by atoms with Crippen LogP contribution in [-0.2, 0) is 31.2 Å². The second-order valence-electron chi connectivity index (χ2n) is 7.50. The summed E-state index contributed by atoms with van der Waals surface area (Å²) in [6, 6.07) is 6.55. The van der Waals surface area contributed by atoms with Crippen LogP contribution in [-0.4, -0.2) is 46.9 Å². The first-order valence-electron chi connectivity index (χ1n) is 10.4. The smallest absolute Gasteiger partial charge is 0.194 e. The molecule has 0 amide bonds. The Morgan fingerprint density at radius 2 is 1.97 bits per heavy atom. The monoisotopic (exact) mass is 401 g/mol. The van der Waals surface area contributed by atoms with E-state index < -0.39 is 0 Å². The number of hydrogen-bond donors (Lipinski definition) is 1. The first-order chi connectivity index (χ1) is 14.0. The Morgan fingerprint density at radius 3 is 2.59 bits per heavy atom. The van der Waals surface area contributed by atoms with Gasteiger partial charge in [-0.05, 0) is 37.5 Å². The van der Waals surface area contributed by atoms with Gasteiger partial charge in [0.2, 0.25) is 0 Å². The van der Waals surface area contributed by atoms with Gasteiger partial charge in [0, 0.05) is 38.4 Å². The molecule has 1 N–H and O–H groups in total. The maximum Gasteiger partial charge on any atom is 0.194 e. The minimum atomic E-state index is -0.234. The zero-order chi connectivity index (χ0) is 21.0. The van der Waals surface area contributed by atoms with Crippen LogP contribution in [0.3, 0.4) is 0 Å². The molecular formula is C22H32FN5O. The van der Waals surface area contributed by atoms with E-state index in [1.54, 1.807) is 19.2 Å². The first-order valence-corrected chi connectivity index (χ1v) is 10.4. The Bertz CT molecular complexity index is 846. The number of nitrogens with zero attached hydrogens (tertiary/aromatic N) is 4. The van der Waals surface area contributed by atoms with Gasteiger partial charge < -0.3 is 15.0 Å². The van der Waals surface area contributed by atoms with Gasteiger partial charge >= 0.3 is 0 Å². The van der Waals surface area contributed by atoms with Crippen LogP contribution in [0.4, 0.5) is 4.39 Å². The molecule has 2 aromatic rings. The quantitative estimate of drug-likeness (QED) is 0.617. The van der Waals surface area contributed by atoms with E-state index >= 15 is 0 Å². The van der Waals surface area contributed by atoms with Crippen molar-refractivity contribution in [3.8, 4) is 0 Å². The van der Waals surface area contributed by atoms with Crippen LogP contribution in [0.2, 0.25) is 0 Å². The third kappa shape index (κ3) is 4.78. The number of guanidine groups is 1. The highest BCUT2D eigenvalue weighted by Crippen LogP contribution is 2.25. The zero-order valence-electron chi connectivity index (χ0n) is 18.1. The average molecular weight is 402 g/mol. The summed E-state index contributed by atoms with van der Waals surface area (Å²) in [5.74, 6) is 0.613. The molecule has 3 rings (SSSR count). The number of halogens is 1. The predicted octanol–water partition coefficient (Wildman–Crippen LogP) is 3.22. The fraction of sp³-hybridized carbons (Fsp3) is 0.545. The molecule has 0 bridgehead atoms. The van der Waals surface area contributed by atoms with Crippen molar-refractivity contribution in [2.75, 3.05) is 20.1 Å². The molecule has 29 heavy (non-hydrogen) atoms. The third-order valence-corrected chi connectivity index (χ3v) is 5.46. The van der Waals surface area contributed by atoms with Crippen LogP contribution in [0.15, 0.2) is 29.3 Å². The van der Waals surface area contributed by atoms with Crippen molar-refractivity contribution in [3.63, 3.8) is 0 Å². The van der Waals surface area contributed by atoms with E-state index in [0.29, 0.717) is 13.1 Å². The number of aryl methyl sites for hydroxylation is 2. The van der Waals surface area contributed by atoms with Crippen molar-refractivity contribution in [3.05, 3.63) is 52.6 Å². The molecule has 7 heteroatoms. The minimum Gasteiger partial charge on any atom is -0.367 e. The van der Waals surface area contributed by atoms with Crippen molar-refractivity contribution in [2.45, 2.75) is 52.4 Å². The Labute approximate surface area is 172 Å². The molecule has 0 radical (unpaired) electrons. The minimum absolute atomic E-state index is 0.0492. The van der Waals surface area contributed by atoms with Crippen LogP contribution in [0, 0.1) is 5.82 Å². The first kappa shape index (κ1) is 21.3. The van der Waals surface area contributed by atoms with Gasteiger partial charge in [0.1, 0.15) is 11.9 Å². The van der Waals surface area contributed by atoms with E-state index in [0.717, 1.165) is 36.6 Å². The third-order valence-electron chi connectivity index (χ3n) is 5.46. The van der Waals surface area contributed by atoms with E-state index in [1.807, 2.05) is 11.7 Å². The van der Waals surface area contributed by atoms with E-state index in [2.05, 4.69) is 41.1 Å². The van der Waals surface area contributed by atoms with Gasteiger partial charge in [0.25, 0.3) is 0 Å². The highest BCUT2D eigenvalue weighted by Gasteiger charge is 2.28. The predicted molar refractivity (Wildman–Crippen MR) is 113 cm³/mol. The molecule has 1 aromatic carbocycles. The summed E-state index contributed by atoms with van der Waals surface area (Å²) in [6.45, 7) is 8.47. The maximum absolute atomic E-state index is 13.3. The number of rotatable bonds is 5. The Hall–Kier alpha value is -2.41. The summed E-state index contributed by atoms with van der Waals surface area (Å²) >= 11 is 0. The van der Waals surface area contributed by atoms with Crippen molar-refractivity contribution >= 4 is 5.96 Å². The number of nitrogens with one attached hydrogen (secondary N) is 1. The molecular weight excluding hydrogens is 369 g/mol. The maximum atomic E-state index is 13.3. The fourth-order valence-electron chi connectivity index (χ4n) is 4.08. The highest BCUT2D eigenvalue weighted by molar-refractivity contribution is 5.80. The van der Waals surface area contributed by atoms with E-state index in [1.165, 1.54) is 23.4 Å². The highest BCUT2D eigenvalue weighted by atomic mass is 19.1. The van der Waals surface area contributed by atoms with E-state index in [9.17, 15) is 4.39 Å². The summed E-state index contributed by atoms with van der Waals surface area (Å²) in [6.07, 6.45) is 1.78. The molecule has 1 aliphatic heterocycles. The largest absolute Gasteiger partial charge is 0.367 e. The van der Waals surface area contributed by atoms with Crippen molar-refractivity contribution < 1.29 is 9.13 Å². The molecule has 6 nitrogen and oxygen atoms in total. The van der Waals surface area contributed by atoms with Crippen LogP contribution in [0.25, 0.3) is 0 Å². The Morgan fingerprint density at radius 1 is 1.24 bits per heavy atom. The van der Waals surface area contributed by atoms with Gasteiger partial charge in [-0.1, -0.05) is 26.0 Å². The lowest BCUT2D eigenvalue weighted by Crippen LogP contribution is -2.50. The molecule has 2 unspecified atom stereocenters. The number of ether oxygens (including phenoxy) is 1. The molecule has 0 spiro atoms. The van der Waals surface area contributed by atoms with Crippen LogP contribution in [0.5, 0.6) is 0 Å². The van der Waals surface area contributed by atoms with E-state index in [4.69, 9.17) is 4.74 Å². The van der Waals surface area contributed by atoms with Gasteiger partial charge in [-0.25, -0.2) is 4.39 Å². The van der Waals surface area contributed by atoms with Crippen LogP contribution >= 0.6 is 0 Å². The zero-order valence-corrected chi connectivity index (χ0v) is 18.1. The van der Waals surface area contributed by atoms with E-state index in [-0.39, 0.29) is 18.0 Å². The molecule has 158 valence electrons. The summed E-state index contributed by atoms with van der Waals surface area (Å²) in [5, 5.41) is 8.19. The van der Waals surface area contributed by atoms with Crippen molar-refractivity contribution in [1.82, 2.24) is 20.0 Å². The molecule has 2 atom stereocenters. The molecule has 2 heterocycles. The summed E-state index contributed by atoms with van der Waals surface area (Å²) in [5.41, 5.74) is 4.62. The Kier molecular flexibility index (Phi) is 6.90. The molecule has 0 aliphatic carbocycles. The Balaban J connectivity index is 1.73. The molecule has 1 saturated heterocycles. The number of morpholine rings is 1. The van der Waals surface area contributed by atoms with Gasteiger partial charge in [0.05, 0.1) is 18.3 Å². The van der Waals surface area contributed by atoms with Gasteiger partial charge in [0.15, 0.2) is 5.96 Å². The summed E-state index contributed by atoms with van der Waals surface area (Å²) in [7, 11) is 3.81. The second kappa shape index (κ2) is 9.39. The van der Waals surface area contributed by atoms with Crippen molar-refractivity contribution in [1.29, 1.82) is 0 Å².